The normalized spacial score (nSPS) is 18.1. The van der Waals surface area contributed by atoms with Crippen molar-refractivity contribution in [3.05, 3.63) is 53.6 Å². The lowest BCUT2D eigenvalue weighted by Crippen LogP contribution is -2.40. The number of anilines is 2. The number of rotatable bonds is 6. The van der Waals surface area contributed by atoms with Crippen molar-refractivity contribution in [3.8, 4) is 0 Å². The molecule has 2 amide bonds. The first-order chi connectivity index (χ1) is 15.1. The Hall–Kier alpha value is -2.71. The van der Waals surface area contributed by atoms with E-state index < -0.39 is 15.4 Å². The Bertz CT molecular complexity index is 1150. The van der Waals surface area contributed by atoms with Crippen molar-refractivity contribution in [2.24, 2.45) is 0 Å². The third-order valence-corrected chi connectivity index (χ3v) is 8.26. The summed E-state index contributed by atoms with van der Waals surface area (Å²) in [4.78, 5) is 27.5. The van der Waals surface area contributed by atoms with Gasteiger partial charge in [0.05, 0.1) is 10.3 Å². The van der Waals surface area contributed by atoms with E-state index in [1.165, 1.54) is 20.8 Å². The van der Waals surface area contributed by atoms with Crippen LogP contribution in [0.2, 0.25) is 0 Å². The van der Waals surface area contributed by atoms with Gasteiger partial charge in [-0.3, -0.25) is 9.59 Å². The van der Waals surface area contributed by atoms with E-state index in [4.69, 9.17) is 0 Å². The summed E-state index contributed by atoms with van der Waals surface area (Å²) in [5, 5.41) is 2.84. The molecule has 1 saturated heterocycles. The van der Waals surface area contributed by atoms with Gasteiger partial charge in [0, 0.05) is 24.5 Å². The molecule has 0 saturated carbocycles. The number of hydrogen-bond donors (Lipinski definition) is 1. The zero-order valence-electron chi connectivity index (χ0n) is 18.7. The minimum absolute atomic E-state index is 0.136. The second-order valence-corrected chi connectivity index (χ2v) is 10.8. The smallest absolute Gasteiger partial charge is 0.244 e. The van der Waals surface area contributed by atoms with Gasteiger partial charge in [-0.2, -0.15) is 4.31 Å². The number of nitrogens with zero attached hydrogens (tertiary/aromatic N) is 2. The van der Waals surface area contributed by atoms with Crippen molar-refractivity contribution in [1.29, 1.82) is 0 Å². The molecule has 0 radical (unpaired) electrons. The highest BCUT2D eigenvalue weighted by Gasteiger charge is 2.45. The highest BCUT2D eigenvalue weighted by Crippen LogP contribution is 2.43. The molecule has 2 aliphatic rings. The quantitative estimate of drug-likeness (QED) is 0.724. The molecule has 0 aromatic heterocycles. The van der Waals surface area contributed by atoms with Crippen molar-refractivity contribution in [2.45, 2.75) is 50.3 Å². The van der Waals surface area contributed by atoms with Crippen LogP contribution in [0, 0.1) is 0 Å². The highest BCUT2D eigenvalue weighted by molar-refractivity contribution is 7.89. The third kappa shape index (κ3) is 3.93. The standard InChI is InChI=1S/C24H29N3O4S/c1-4-17-7-9-18(10-8-17)25-22(28)16-27-21-12-11-19(15-20(21)24(2,3)23(27)29)32(30,31)26-13-5-6-14-26/h7-12,15H,4-6,13-14,16H2,1-3H3,(H,25,28). The molecular weight excluding hydrogens is 426 g/mol. The van der Waals surface area contributed by atoms with Crippen LogP contribution in [0.5, 0.6) is 0 Å². The largest absolute Gasteiger partial charge is 0.325 e. The van der Waals surface area contributed by atoms with Crippen LogP contribution in [-0.4, -0.2) is 44.2 Å². The summed E-state index contributed by atoms with van der Waals surface area (Å²) in [6.45, 7) is 6.50. The van der Waals surface area contributed by atoms with E-state index in [0.717, 1.165) is 19.3 Å². The van der Waals surface area contributed by atoms with E-state index in [1.807, 2.05) is 24.3 Å². The molecule has 2 aromatic rings. The molecule has 2 aromatic carbocycles. The van der Waals surface area contributed by atoms with Crippen molar-refractivity contribution in [2.75, 3.05) is 29.9 Å². The lowest BCUT2D eigenvalue weighted by molar-refractivity contribution is -0.124. The van der Waals surface area contributed by atoms with E-state index in [-0.39, 0.29) is 23.3 Å². The topological polar surface area (TPSA) is 86.8 Å². The van der Waals surface area contributed by atoms with E-state index in [1.54, 1.807) is 26.0 Å². The Morgan fingerprint density at radius 1 is 1.06 bits per heavy atom. The maximum atomic E-state index is 13.2. The van der Waals surface area contributed by atoms with Gasteiger partial charge in [0.15, 0.2) is 0 Å². The van der Waals surface area contributed by atoms with Crippen LogP contribution in [0.4, 0.5) is 11.4 Å². The first-order valence-corrected chi connectivity index (χ1v) is 12.4. The zero-order valence-corrected chi connectivity index (χ0v) is 19.5. The first kappa shape index (κ1) is 22.5. The summed E-state index contributed by atoms with van der Waals surface area (Å²) in [5.74, 6) is -0.528. The molecule has 0 aliphatic carbocycles. The molecule has 7 nitrogen and oxygen atoms in total. The molecule has 0 bridgehead atoms. The predicted octanol–water partition coefficient (Wildman–Crippen LogP) is 3.30. The van der Waals surface area contributed by atoms with E-state index >= 15 is 0 Å². The summed E-state index contributed by atoms with van der Waals surface area (Å²) in [6.07, 6.45) is 2.63. The second-order valence-electron chi connectivity index (χ2n) is 8.91. The second kappa shape index (κ2) is 8.33. The SMILES string of the molecule is CCc1ccc(NC(=O)CN2C(=O)C(C)(C)c3cc(S(=O)(=O)N4CCCC4)ccc32)cc1. The fourth-order valence-electron chi connectivity index (χ4n) is 4.38. The minimum atomic E-state index is -3.59. The highest BCUT2D eigenvalue weighted by atomic mass is 32.2. The molecule has 32 heavy (non-hydrogen) atoms. The van der Waals surface area contributed by atoms with Crippen molar-refractivity contribution < 1.29 is 18.0 Å². The maximum absolute atomic E-state index is 13.2. The first-order valence-electron chi connectivity index (χ1n) is 11.0. The molecule has 8 heteroatoms. The number of nitrogens with one attached hydrogen (secondary N) is 1. The molecule has 1 N–H and O–H groups in total. The van der Waals surface area contributed by atoms with Gasteiger partial charge in [-0.1, -0.05) is 19.1 Å². The molecule has 1 fully saturated rings. The maximum Gasteiger partial charge on any atom is 0.244 e. The van der Waals surface area contributed by atoms with Gasteiger partial charge in [-0.05, 0) is 74.6 Å². The van der Waals surface area contributed by atoms with E-state index in [0.29, 0.717) is 30.0 Å². The predicted molar refractivity (Wildman–Crippen MR) is 124 cm³/mol. The summed E-state index contributed by atoms with van der Waals surface area (Å²) >= 11 is 0. The van der Waals surface area contributed by atoms with E-state index in [9.17, 15) is 18.0 Å². The molecule has 2 heterocycles. The number of carbonyl (C=O) groups is 2. The van der Waals surface area contributed by atoms with E-state index in [2.05, 4.69) is 12.2 Å². The van der Waals surface area contributed by atoms with Gasteiger partial charge in [-0.15, -0.1) is 0 Å². The van der Waals surface area contributed by atoms with Crippen LogP contribution in [-0.2, 0) is 31.4 Å². The number of sulfonamides is 1. The number of hydrogen-bond acceptors (Lipinski definition) is 4. The molecule has 170 valence electrons. The summed E-state index contributed by atoms with van der Waals surface area (Å²) in [6, 6.07) is 12.4. The number of amides is 2. The van der Waals surface area contributed by atoms with Crippen LogP contribution in [0.3, 0.4) is 0 Å². The molecule has 0 spiro atoms. The molecule has 4 rings (SSSR count). The summed E-state index contributed by atoms with van der Waals surface area (Å²) in [7, 11) is -3.59. The lowest BCUT2D eigenvalue weighted by Gasteiger charge is -2.20. The fraction of sp³-hybridized carbons (Fsp3) is 0.417. The average Bonchev–Trinajstić information content (AvgIpc) is 3.38. The fourth-order valence-corrected chi connectivity index (χ4v) is 5.92. The van der Waals surface area contributed by atoms with Gasteiger partial charge in [0.25, 0.3) is 0 Å². The minimum Gasteiger partial charge on any atom is -0.325 e. The van der Waals surface area contributed by atoms with Crippen LogP contribution >= 0.6 is 0 Å². The Balaban J connectivity index is 1.58. The monoisotopic (exact) mass is 455 g/mol. The molecule has 0 atom stereocenters. The molecule has 2 aliphatic heterocycles. The van der Waals surface area contributed by atoms with Crippen molar-refractivity contribution in [3.63, 3.8) is 0 Å². The van der Waals surface area contributed by atoms with Crippen LogP contribution in [0.15, 0.2) is 47.4 Å². The summed E-state index contributed by atoms with van der Waals surface area (Å²) in [5.41, 5.74) is 2.13. The Kier molecular flexibility index (Phi) is 5.85. The van der Waals surface area contributed by atoms with Crippen LogP contribution < -0.4 is 10.2 Å². The van der Waals surface area contributed by atoms with Crippen molar-refractivity contribution in [1.82, 2.24) is 4.31 Å². The van der Waals surface area contributed by atoms with Gasteiger partial charge in [0.2, 0.25) is 21.8 Å². The number of fused-ring (bicyclic) bond motifs is 1. The Labute approximate surface area is 189 Å². The number of carbonyl (C=O) groups excluding carboxylic acids is 2. The van der Waals surface area contributed by atoms with Crippen LogP contribution in [0.1, 0.15) is 44.7 Å². The van der Waals surface area contributed by atoms with Gasteiger partial charge < -0.3 is 10.2 Å². The molecule has 0 unspecified atom stereocenters. The van der Waals surface area contributed by atoms with Crippen molar-refractivity contribution >= 4 is 33.2 Å². The average molecular weight is 456 g/mol. The van der Waals surface area contributed by atoms with Crippen LogP contribution in [0.25, 0.3) is 0 Å². The Morgan fingerprint density at radius 3 is 2.34 bits per heavy atom. The number of benzene rings is 2. The lowest BCUT2D eigenvalue weighted by atomic mass is 9.86. The number of aryl methyl sites for hydroxylation is 1. The zero-order chi connectivity index (χ0) is 23.1. The van der Waals surface area contributed by atoms with Gasteiger partial charge in [0.1, 0.15) is 6.54 Å². The Morgan fingerprint density at radius 2 is 1.72 bits per heavy atom. The third-order valence-electron chi connectivity index (χ3n) is 6.36. The van der Waals surface area contributed by atoms with Gasteiger partial charge in [-0.25, -0.2) is 8.42 Å². The van der Waals surface area contributed by atoms with Gasteiger partial charge >= 0.3 is 0 Å². The summed E-state index contributed by atoms with van der Waals surface area (Å²) < 4.78 is 27.5. The molecular formula is C24H29N3O4S.